The molecule has 4 aromatic rings. The van der Waals surface area contributed by atoms with Gasteiger partial charge in [-0.15, -0.1) is 11.3 Å². The summed E-state index contributed by atoms with van der Waals surface area (Å²) in [6.07, 6.45) is 0. The first kappa shape index (κ1) is 16.8. The van der Waals surface area contributed by atoms with Crippen LogP contribution in [-0.2, 0) is 7.05 Å². The van der Waals surface area contributed by atoms with Crippen molar-refractivity contribution in [3.05, 3.63) is 53.0 Å². The predicted octanol–water partition coefficient (Wildman–Crippen LogP) is 3.99. The van der Waals surface area contributed by atoms with Crippen molar-refractivity contribution in [2.45, 2.75) is 6.92 Å². The zero-order valence-electron chi connectivity index (χ0n) is 15.2. The molecule has 4 heterocycles. The van der Waals surface area contributed by atoms with Gasteiger partial charge < -0.3 is 14.8 Å². The summed E-state index contributed by atoms with van der Waals surface area (Å²) < 4.78 is 12.4. The lowest BCUT2D eigenvalue weighted by atomic mass is 10.1. The number of fused-ring (bicyclic) bond motifs is 2. The summed E-state index contributed by atoms with van der Waals surface area (Å²) >= 11 is 1.58. The van der Waals surface area contributed by atoms with Gasteiger partial charge in [0.1, 0.15) is 0 Å². The zero-order chi connectivity index (χ0) is 19.3. The largest absolute Gasteiger partial charge is 0.454 e. The SMILES string of the molecule is Cc1nn(C)c2nc(-c3cccs3)cc(C(=O)Nc3ccc4c(c3)OCO4)c12. The molecule has 0 bridgehead atoms. The monoisotopic (exact) mass is 392 g/mol. The molecule has 8 heteroatoms. The molecule has 1 N–H and O–H groups in total. The Bertz CT molecular complexity index is 1210. The number of anilines is 1. The lowest BCUT2D eigenvalue weighted by Gasteiger charge is -2.09. The number of aryl methyl sites for hydroxylation is 2. The van der Waals surface area contributed by atoms with Crippen molar-refractivity contribution in [2.75, 3.05) is 12.1 Å². The van der Waals surface area contributed by atoms with Crippen molar-refractivity contribution < 1.29 is 14.3 Å². The molecule has 1 aliphatic heterocycles. The fourth-order valence-corrected chi connectivity index (χ4v) is 4.03. The fraction of sp³-hybridized carbons (Fsp3) is 0.150. The normalized spacial score (nSPS) is 12.5. The topological polar surface area (TPSA) is 78.3 Å². The van der Waals surface area contributed by atoms with Gasteiger partial charge in [-0.25, -0.2) is 4.98 Å². The lowest BCUT2D eigenvalue weighted by Crippen LogP contribution is -2.13. The molecule has 140 valence electrons. The first-order valence-electron chi connectivity index (χ1n) is 8.69. The quantitative estimate of drug-likeness (QED) is 0.570. The van der Waals surface area contributed by atoms with Crippen molar-refractivity contribution in [3.63, 3.8) is 0 Å². The Kier molecular flexibility index (Phi) is 3.80. The van der Waals surface area contributed by atoms with E-state index in [1.54, 1.807) is 34.2 Å². The first-order valence-corrected chi connectivity index (χ1v) is 9.57. The summed E-state index contributed by atoms with van der Waals surface area (Å²) in [5, 5.41) is 10.1. The van der Waals surface area contributed by atoms with Crippen LogP contribution in [0.2, 0.25) is 0 Å². The summed E-state index contributed by atoms with van der Waals surface area (Å²) in [4.78, 5) is 18.9. The minimum atomic E-state index is -0.222. The molecule has 3 aromatic heterocycles. The number of hydrogen-bond acceptors (Lipinski definition) is 6. The van der Waals surface area contributed by atoms with E-state index in [1.807, 2.05) is 37.6 Å². The van der Waals surface area contributed by atoms with Crippen LogP contribution in [-0.4, -0.2) is 27.5 Å². The Morgan fingerprint density at radius 2 is 2.07 bits per heavy atom. The summed E-state index contributed by atoms with van der Waals surface area (Å²) in [5.74, 6) is 1.07. The van der Waals surface area contributed by atoms with Gasteiger partial charge in [-0.3, -0.25) is 9.48 Å². The molecule has 1 amide bonds. The fourth-order valence-electron chi connectivity index (χ4n) is 3.35. The van der Waals surface area contributed by atoms with Gasteiger partial charge in [0.25, 0.3) is 5.91 Å². The number of nitrogens with zero attached hydrogens (tertiary/aromatic N) is 3. The van der Waals surface area contributed by atoms with Gasteiger partial charge in [0.05, 0.1) is 27.2 Å². The standard InChI is InChI=1S/C20H16N4O3S/c1-11-18-13(20(25)21-12-5-6-15-16(8-12)27-10-26-15)9-14(17-4-3-7-28-17)22-19(18)24(2)23-11/h3-9H,10H2,1-2H3,(H,21,25). The molecule has 1 aromatic carbocycles. The summed E-state index contributed by atoms with van der Waals surface area (Å²) in [6, 6.07) is 11.1. The van der Waals surface area contributed by atoms with Crippen LogP contribution < -0.4 is 14.8 Å². The number of ether oxygens (including phenoxy) is 2. The number of nitrogens with one attached hydrogen (secondary N) is 1. The van der Waals surface area contributed by atoms with Crippen molar-refractivity contribution in [3.8, 4) is 22.1 Å². The van der Waals surface area contributed by atoms with Crippen LogP contribution in [0.4, 0.5) is 5.69 Å². The third-order valence-corrected chi connectivity index (χ3v) is 5.51. The van der Waals surface area contributed by atoms with Gasteiger partial charge in [0.15, 0.2) is 17.1 Å². The number of carbonyl (C=O) groups excluding carboxylic acids is 1. The Labute approximate surface area is 164 Å². The number of amides is 1. The van der Waals surface area contributed by atoms with E-state index in [1.165, 1.54) is 0 Å². The van der Waals surface area contributed by atoms with E-state index in [4.69, 9.17) is 14.5 Å². The number of carbonyl (C=O) groups is 1. The third-order valence-electron chi connectivity index (χ3n) is 4.62. The van der Waals surface area contributed by atoms with Crippen molar-refractivity contribution in [1.29, 1.82) is 0 Å². The van der Waals surface area contributed by atoms with E-state index in [2.05, 4.69) is 10.4 Å². The van der Waals surface area contributed by atoms with Crippen molar-refractivity contribution in [2.24, 2.45) is 7.05 Å². The molecule has 28 heavy (non-hydrogen) atoms. The van der Waals surface area contributed by atoms with E-state index in [-0.39, 0.29) is 12.7 Å². The lowest BCUT2D eigenvalue weighted by molar-refractivity contribution is 0.102. The second-order valence-corrected chi connectivity index (χ2v) is 7.41. The van der Waals surface area contributed by atoms with E-state index < -0.39 is 0 Å². The predicted molar refractivity (Wildman–Crippen MR) is 107 cm³/mol. The third kappa shape index (κ3) is 2.69. The highest BCUT2D eigenvalue weighted by molar-refractivity contribution is 7.13. The number of benzene rings is 1. The molecule has 5 rings (SSSR count). The number of aromatic nitrogens is 3. The number of hydrogen-bond donors (Lipinski definition) is 1. The number of thiophene rings is 1. The van der Waals surface area contributed by atoms with Crippen LogP contribution in [0, 0.1) is 6.92 Å². The number of rotatable bonds is 3. The molecule has 0 radical (unpaired) electrons. The van der Waals surface area contributed by atoms with Crippen molar-refractivity contribution in [1.82, 2.24) is 14.8 Å². The van der Waals surface area contributed by atoms with Gasteiger partial charge in [-0.2, -0.15) is 5.10 Å². The molecule has 0 fully saturated rings. The van der Waals surface area contributed by atoms with E-state index >= 15 is 0 Å². The highest BCUT2D eigenvalue weighted by Crippen LogP contribution is 2.35. The minimum absolute atomic E-state index is 0.191. The second kappa shape index (κ2) is 6.35. The molecule has 0 aliphatic carbocycles. The zero-order valence-corrected chi connectivity index (χ0v) is 16.0. The van der Waals surface area contributed by atoms with Crippen LogP contribution in [0.3, 0.4) is 0 Å². The van der Waals surface area contributed by atoms with Gasteiger partial charge in [-0.05, 0) is 36.6 Å². The van der Waals surface area contributed by atoms with Crippen LogP contribution >= 0.6 is 11.3 Å². The molecule has 0 unspecified atom stereocenters. The van der Waals surface area contributed by atoms with Gasteiger partial charge in [0.2, 0.25) is 6.79 Å². The van der Waals surface area contributed by atoms with Gasteiger partial charge >= 0.3 is 0 Å². The average molecular weight is 392 g/mol. The maximum absolute atomic E-state index is 13.2. The van der Waals surface area contributed by atoms with Crippen molar-refractivity contribution >= 4 is 34.0 Å². The maximum atomic E-state index is 13.2. The molecular formula is C20H16N4O3S. The molecule has 0 saturated carbocycles. The van der Waals surface area contributed by atoms with Crippen LogP contribution in [0.1, 0.15) is 16.1 Å². The molecule has 0 atom stereocenters. The van der Waals surface area contributed by atoms with E-state index in [0.29, 0.717) is 28.4 Å². The van der Waals surface area contributed by atoms with E-state index in [9.17, 15) is 4.79 Å². The molecule has 1 aliphatic rings. The Morgan fingerprint density at radius 3 is 2.89 bits per heavy atom. The molecule has 7 nitrogen and oxygen atoms in total. The second-order valence-electron chi connectivity index (χ2n) is 6.46. The van der Waals surface area contributed by atoms with Gasteiger partial charge in [0, 0.05) is 18.8 Å². The molecular weight excluding hydrogens is 376 g/mol. The number of pyridine rings is 1. The first-order chi connectivity index (χ1) is 13.6. The summed E-state index contributed by atoms with van der Waals surface area (Å²) in [6.45, 7) is 2.07. The van der Waals surface area contributed by atoms with Crippen LogP contribution in [0.5, 0.6) is 11.5 Å². The van der Waals surface area contributed by atoms with E-state index in [0.717, 1.165) is 21.7 Å². The smallest absolute Gasteiger partial charge is 0.256 e. The Hall–Kier alpha value is -3.39. The summed E-state index contributed by atoms with van der Waals surface area (Å²) in [7, 11) is 1.83. The average Bonchev–Trinajstić information content (AvgIpc) is 3.42. The van der Waals surface area contributed by atoms with Crippen LogP contribution in [0.25, 0.3) is 21.6 Å². The molecule has 0 spiro atoms. The minimum Gasteiger partial charge on any atom is -0.454 e. The Morgan fingerprint density at radius 1 is 1.21 bits per heavy atom. The maximum Gasteiger partial charge on any atom is 0.256 e. The van der Waals surface area contributed by atoms with Crippen LogP contribution in [0.15, 0.2) is 41.8 Å². The van der Waals surface area contributed by atoms with Gasteiger partial charge in [-0.1, -0.05) is 6.07 Å². The highest BCUT2D eigenvalue weighted by atomic mass is 32.1. The highest BCUT2D eigenvalue weighted by Gasteiger charge is 2.21. The summed E-state index contributed by atoms with van der Waals surface area (Å²) in [5.41, 5.74) is 3.37. The Balaban J connectivity index is 1.59. The molecule has 0 saturated heterocycles.